The highest BCUT2D eigenvalue weighted by atomic mass is 79.9. The number of nitrogens with two attached hydrogens (primary N) is 1. The molecule has 0 unspecified atom stereocenters. The van der Waals surface area contributed by atoms with E-state index in [1.54, 1.807) is 6.20 Å². The topological polar surface area (TPSA) is 56.7 Å². The Morgan fingerprint density at radius 1 is 1.44 bits per heavy atom. The third-order valence-electron chi connectivity index (χ3n) is 2.50. The van der Waals surface area contributed by atoms with Gasteiger partial charge in [-0.25, -0.2) is 4.98 Å². The Hall–Kier alpha value is -1.36. The van der Waals surface area contributed by atoms with Crippen molar-refractivity contribution in [3.05, 3.63) is 40.4 Å². The zero-order valence-corrected chi connectivity index (χ0v) is 10.6. The van der Waals surface area contributed by atoms with Crippen LogP contribution < -0.4 is 5.73 Å². The zero-order valence-electron chi connectivity index (χ0n) is 9.02. The molecule has 0 saturated carbocycles. The molecule has 5 heteroatoms. The van der Waals surface area contributed by atoms with E-state index in [-0.39, 0.29) is 0 Å². The van der Waals surface area contributed by atoms with Crippen molar-refractivity contribution in [3.8, 4) is 0 Å². The van der Waals surface area contributed by atoms with Crippen molar-refractivity contribution in [2.45, 2.75) is 12.8 Å². The van der Waals surface area contributed by atoms with Gasteiger partial charge in [0.05, 0.1) is 5.69 Å². The highest BCUT2D eigenvalue weighted by Gasteiger charge is 2.09. The number of anilines is 1. The van der Waals surface area contributed by atoms with Gasteiger partial charge in [-0.05, 0) is 40.4 Å². The quantitative estimate of drug-likeness (QED) is 0.935. The molecule has 84 valence electrons. The van der Waals surface area contributed by atoms with Crippen molar-refractivity contribution < 1.29 is 0 Å². The van der Waals surface area contributed by atoms with Gasteiger partial charge in [0.15, 0.2) is 0 Å². The Kier molecular flexibility index (Phi) is 3.24. The average molecular weight is 281 g/mol. The van der Waals surface area contributed by atoms with E-state index in [2.05, 4.69) is 32.0 Å². The summed E-state index contributed by atoms with van der Waals surface area (Å²) in [5.74, 6) is 0.535. The van der Waals surface area contributed by atoms with Gasteiger partial charge in [0.25, 0.3) is 0 Å². The number of aromatic nitrogens is 3. The van der Waals surface area contributed by atoms with Gasteiger partial charge in [0.2, 0.25) is 5.95 Å². The molecular formula is C11H13BrN4. The van der Waals surface area contributed by atoms with Crippen LogP contribution in [0.4, 0.5) is 5.95 Å². The number of aryl methyl sites for hydroxylation is 2. The molecular weight excluding hydrogens is 268 g/mol. The predicted octanol–water partition coefficient (Wildman–Crippen LogP) is 1.95. The van der Waals surface area contributed by atoms with Crippen LogP contribution in [-0.4, -0.2) is 14.5 Å². The first-order valence-electron chi connectivity index (χ1n) is 5.04. The molecule has 0 bridgehead atoms. The fourth-order valence-electron chi connectivity index (χ4n) is 1.52. The Balaban J connectivity index is 2.08. The maximum Gasteiger partial charge on any atom is 0.201 e. The van der Waals surface area contributed by atoms with Gasteiger partial charge in [-0.1, -0.05) is 6.07 Å². The molecule has 2 N–H and O–H groups in total. The second-order valence-electron chi connectivity index (χ2n) is 3.63. The summed E-state index contributed by atoms with van der Waals surface area (Å²) in [6.07, 6.45) is 5.43. The second-order valence-corrected chi connectivity index (χ2v) is 4.38. The van der Waals surface area contributed by atoms with Crippen LogP contribution in [0.3, 0.4) is 0 Å². The molecule has 0 spiro atoms. The van der Waals surface area contributed by atoms with E-state index in [4.69, 9.17) is 5.73 Å². The molecule has 0 atom stereocenters. The Morgan fingerprint density at radius 3 is 2.81 bits per heavy atom. The molecule has 0 fully saturated rings. The minimum atomic E-state index is 0.535. The van der Waals surface area contributed by atoms with E-state index in [0.717, 1.165) is 23.1 Å². The van der Waals surface area contributed by atoms with Gasteiger partial charge in [0, 0.05) is 19.4 Å². The van der Waals surface area contributed by atoms with Gasteiger partial charge < -0.3 is 10.3 Å². The van der Waals surface area contributed by atoms with Crippen LogP contribution in [0.25, 0.3) is 0 Å². The molecule has 4 nitrogen and oxygen atoms in total. The van der Waals surface area contributed by atoms with Crippen LogP contribution in [0.15, 0.2) is 29.1 Å². The highest BCUT2D eigenvalue weighted by Crippen LogP contribution is 2.20. The third-order valence-corrected chi connectivity index (χ3v) is 3.49. The van der Waals surface area contributed by atoms with E-state index < -0.39 is 0 Å². The lowest BCUT2D eigenvalue weighted by molar-refractivity contribution is 0.881. The molecule has 0 saturated heterocycles. The van der Waals surface area contributed by atoms with Crippen molar-refractivity contribution in [2.24, 2.45) is 7.05 Å². The summed E-state index contributed by atoms with van der Waals surface area (Å²) >= 11 is 3.48. The van der Waals surface area contributed by atoms with Crippen molar-refractivity contribution in [3.63, 3.8) is 0 Å². The largest absolute Gasteiger partial charge is 0.369 e. The van der Waals surface area contributed by atoms with Gasteiger partial charge >= 0.3 is 0 Å². The Labute approximate surface area is 103 Å². The number of rotatable bonds is 3. The van der Waals surface area contributed by atoms with E-state index in [0.29, 0.717) is 5.95 Å². The lowest BCUT2D eigenvalue weighted by Gasteiger charge is -1.99. The van der Waals surface area contributed by atoms with Gasteiger partial charge in [-0.2, -0.15) is 0 Å². The second kappa shape index (κ2) is 4.65. The first-order valence-corrected chi connectivity index (χ1v) is 5.83. The van der Waals surface area contributed by atoms with Crippen molar-refractivity contribution in [1.82, 2.24) is 14.5 Å². The standard InChI is InChI=1S/C11H13BrN4/c1-16-10(12)9(15-11(16)13)5-4-8-3-2-6-14-7-8/h2-3,6-7H,4-5H2,1H3,(H2,13,15). The molecule has 0 aliphatic heterocycles. The summed E-state index contributed by atoms with van der Waals surface area (Å²) in [7, 11) is 1.89. The Morgan fingerprint density at radius 2 is 2.25 bits per heavy atom. The summed E-state index contributed by atoms with van der Waals surface area (Å²) in [4.78, 5) is 8.38. The Bertz CT molecular complexity index is 478. The summed E-state index contributed by atoms with van der Waals surface area (Å²) in [5.41, 5.74) is 7.92. The number of nitrogen functional groups attached to an aromatic ring is 1. The van der Waals surface area contributed by atoms with Crippen molar-refractivity contribution in [2.75, 3.05) is 5.73 Å². The van der Waals surface area contributed by atoms with Crippen LogP contribution >= 0.6 is 15.9 Å². The summed E-state index contributed by atoms with van der Waals surface area (Å²) < 4.78 is 2.78. The SMILES string of the molecule is Cn1c(N)nc(CCc2cccnc2)c1Br. The van der Waals surface area contributed by atoms with Gasteiger partial charge in [-0.3, -0.25) is 4.98 Å². The minimum absolute atomic E-state index is 0.535. The molecule has 0 radical (unpaired) electrons. The number of hydrogen-bond donors (Lipinski definition) is 1. The monoisotopic (exact) mass is 280 g/mol. The van der Waals surface area contributed by atoms with Crippen LogP contribution in [0.1, 0.15) is 11.3 Å². The number of pyridine rings is 1. The fraction of sp³-hybridized carbons (Fsp3) is 0.273. The fourth-order valence-corrected chi connectivity index (χ4v) is 1.99. The molecule has 2 rings (SSSR count). The van der Waals surface area contributed by atoms with Crippen LogP contribution in [0, 0.1) is 0 Å². The summed E-state index contributed by atoms with van der Waals surface area (Å²) in [5, 5.41) is 0. The first kappa shape index (κ1) is 11.1. The number of halogens is 1. The lowest BCUT2D eigenvalue weighted by atomic mass is 10.1. The number of nitrogens with zero attached hydrogens (tertiary/aromatic N) is 3. The van der Waals surface area contributed by atoms with E-state index in [1.165, 1.54) is 5.56 Å². The van der Waals surface area contributed by atoms with Gasteiger partial charge in [0.1, 0.15) is 4.60 Å². The zero-order chi connectivity index (χ0) is 11.5. The van der Waals surface area contributed by atoms with Crippen molar-refractivity contribution >= 4 is 21.9 Å². The van der Waals surface area contributed by atoms with E-state index in [9.17, 15) is 0 Å². The van der Waals surface area contributed by atoms with E-state index >= 15 is 0 Å². The minimum Gasteiger partial charge on any atom is -0.369 e. The average Bonchev–Trinajstić information content (AvgIpc) is 2.56. The molecule has 16 heavy (non-hydrogen) atoms. The normalized spacial score (nSPS) is 10.6. The maximum atomic E-state index is 5.72. The van der Waals surface area contributed by atoms with E-state index in [1.807, 2.05) is 23.9 Å². The summed E-state index contributed by atoms with van der Waals surface area (Å²) in [6.45, 7) is 0. The smallest absolute Gasteiger partial charge is 0.201 e. The molecule has 2 heterocycles. The summed E-state index contributed by atoms with van der Waals surface area (Å²) in [6, 6.07) is 4.00. The maximum absolute atomic E-state index is 5.72. The lowest BCUT2D eigenvalue weighted by Crippen LogP contribution is -1.96. The predicted molar refractivity (Wildman–Crippen MR) is 67.0 cm³/mol. The first-order chi connectivity index (χ1) is 7.68. The van der Waals surface area contributed by atoms with Crippen LogP contribution in [-0.2, 0) is 19.9 Å². The molecule has 0 amide bonds. The number of hydrogen-bond acceptors (Lipinski definition) is 3. The molecule has 0 aliphatic rings. The third kappa shape index (κ3) is 2.24. The molecule has 0 aromatic carbocycles. The number of imidazole rings is 1. The molecule has 0 aliphatic carbocycles. The molecule has 2 aromatic heterocycles. The van der Waals surface area contributed by atoms with Crippen LogP contribution in [0.2, 0.25) is 0 Å². The molecule has 2 aromatic rings. The highest BCUT2D eigenvalue weighted by molar-refractivity contribution is 9.10. The van der Waals surface area contributed by atoms with Gasteiger partial charge in [-0.15, -0.1) is 0 Å². The van der Waals surface area contributed by atoms with Crippen LogP contribution in [0.5, 0.6) is 0 Å². The van der Waals surface area contributed by atoms with Crippen molar-refractivity contribution in [1.29, 1.82) is 0 Å².